The molecule has 0 spiro atoms. The molecule has 7 aromatic carbocycles. The van der Waals surface area contributed by atoms with Crippen molar-refractivity contribution < 1.29 is 25.9 Å². The van der Waals surface area contributed by atoms with Crippen LogP contribution in [0.15, 0.2) is 144 Å². The zero-order valence-corrected chi connectivity index (χ0v) is 37.4. The Bertz CT molecular complexity index is 3190. The molecule has 11 rings (SSSR count). The van der Waals surface area contributed by atoms with Gasteiger partial charge in [-0.25, -0.2) is 0 Å². The fraction of sp³-hybridized carbons (Fsp3) is 0.218. The summed E-state index contributed by atoms with van der Waals surface area (Å²) in [5.74, 6) is 1.75. The van der Waals surface area contributed by atoms with Crippen molar-refractivity contribution in [2.75, 3.05) is 0 Å². The molecule has 10 aromatic rings. The minimum atomic E-state index is -0.630. The third-order valence-corrected chi connectivity index (χ3v) is 12.1. The van der Waals surface area contributed by atoms with Crippen molar-refractivity contribution >= 4 is 54.5 Å². The Morgan fingerprint density at radius 2 is 1.34 bits per heavy atom. The normalized spacial score (nSPS) is 14.1. The molecule has 5 nitrogen and oxygen atoms in total. The van der Waals surface area contributed by atoms with Gasteiger partial charge < -0.3 is 8.98 Å². The minimum Gasteiger partial charge on any atom is -0.500 e. The number of hydrogen-bond donors (Lipinski definition) is 0. The summed E-state index contributed by atoms with van der Waals surface area (Å²) in [7, 11) is 0. The van der Waals surface area contributed by atoms with Gasteiger partial charge in [-0.05, 0) is 70.2 Å². The first-order valence-corrected chi connectivity index (χ1v) is 21.4. The number of para-hydroxylation sites is 3. The van der Waals surface area contributed by atoms with Gasteiger partial charge in [-0.1, -0.05) is 137 Å². The van der Waals surface area contributed by atoms with Gasteiger partial charge in [0.1, 0.15) is 5.58 Å². The van der Waals surface area contributed by atoms with E-state index in [1.165, 1.54) is 39.4 Å². The summed E-state index contributed by atoms with van der Waals surface area (Å²) in [4.78, 5) is 14.4. The molecule has 0 amide bonds. The zero-order chi connectivity index (χ0) is 41.7. The Morgan fingerprint density at radius 3 is 2.13 bits per heavy atom. The Kier molecular flexibility index (Phi) is 11.1. The molecule has 1 radical (unpaired) electrons. The average molecular weight is 974 g/mol. The Balaban J connectivity index is 0.000000160. The van der Waals surface area contributed by atoms with Crippen molar-refractivity contribution in [3.63, 3.8) is 0 Å². The van der Waals surface area contributed by atoms with Gasteiger partial charge in [0.25, 0.3) is 0 Å². The van der Waals surface area contributed by atoms with Gasteiger partial charge in [-0.2, -0.15) is 0 Å². The van der Waals surface area contributed by atoms with Gasteiger partial charge >= 0.3 is 0 Å². The van der Waals surface area contributed by atoms with E-state index in [0.717, 1.165) is 86.7 Å². The second kappa shape index (κ2) is 17.2. The summed E-state index contributed by atoms with van der Waals surface area (Å²) in [6.45, 7) is 9.04. The first-order valence-electron chi connectivity index (χ1n) is 21.9. The smallest absolute Gasteiger partial charge is 0.128 e. The number of benzene rings is 7. The molecule has 3 aromatic heterocycles. The van der Waals surface area contributed by atoms with E-state index in [0.29, 0.717) is 17.7 Å². The molecule has 0 atom stereocenters. The van der Waals surface area contributed by atoms with Gasteiger partial charge in [0, 0.05) is 55.7 Å². The SMILES string of the molecule is CC(C)c1cccc(C(C)C)c1-n1c(-c2[c-]cccc2)nc2ccccc21.[2H]C1(c2ccnc(-c3[c-]ccc4c3oc3c4ccc4c5ccccc5ccc43)n2)CCCCC1.[Ir]. The molecule has 3 heterocycles. The van der Waals surface area contributed by atoms with Gasteiger partial charge in [-0.15, -0.1) is 54.1 Å². The van der Waals surface area contributed by atoms with E-state index >= 15 is 0 Å². The maximum Gasteiger partial charge on any atom is 0.128 e. The predicted molar refractivity (Wildman–Crippen MR) is 248 cm³/mol. The molecule has 305 valence electrons. The van der Waals surface area contributed by atoms with Gasteiger partial charge in [0.15, 0.2) is 0 Å². The van der Waals surface area contributed by atoms with Crippen LogP contribution in [0.2, 0.25) is 0 Å². The van der Waals surface area contributed by atoms with Crippen LogP contribution in [0.3, 0.4) is 0 Å². The average Bonchev–Trinajstić information content (AvgIpc) is 3.89. The van der Waals surface area contributed by atoms with Crippen LogP contribution in [0.4, 0.5) is 0 Å². The summed E-state index contributed by atoms with van der Waals surface area (Å²) >= 11 is 0. The minimum absolute atomic E-state index is 0. The summed E-state index contributed by atoms with van der Waals surface area (Å²) < 4.78 is 17.9. The molecule has 1 aliphatic rings. The summed E-state index contributed by atoms with van der Waals surface area (Å²) in [5.41, 5.74) is 10.3. The molecule has 0 saturated heterocycles. The molecule has 0 N–H and O–H groups in total. The van der Waals surface area contributed by atoms with E-state index < -0.39 is 5.89 Å². The predicted octanol–water partition coefficient (Wildman–Crippen LogP) is 14.9. The molecule has 1 saturated carbocycles. The molecule has 61 heavy (non-hydrogen) atoms. The van der Waals surface area contributed by atoms with E-state index in [-0.39, 0.29) is 20.1 Å². The third-order valence-electron chi connectivity index (χ3n) is 12.1. The Hall–Kier alpha value is -5.94. The van der Waals surface area contributed by atoms with E-state index in [1.54, 1.807) is 6.20 Å². The number of furan rings is 1. The second-order valence-electron chi connectivity index (χ2n) is 16.6. The van der Waals surface area contributed by atoms with Crippen LogP contribution in [0.5, 0.6) is 0 Å². The molecule has 0 bridgehead atoms. The maximum atomic E-state index is 9.00. The number of nitrogens with zero attached hydrogens (tertiary/aromatic N) is 4. The van der Waals surface area contributed by atoms with Gasteiger partial charge in [0.2, 0.25) is 0 Å². The van der Waals surface area contributed by atoms with E-state index in [2.05, 4.69) is 153 Å². The van der Waals surface area contributed by atoms with Crippen LogP contribution < -0.4 is 0 Å². The molecule has 0 unspecified atom stereocenters. The third kappa shape index (κ3) is 7.47. The number of fused-ring (bicyclic) bond motifs is 8. The van der Waals surface area contributed by atoms with Crippen molar-refractivity contribution in [3.8, 4) is 28.5 Å². The zero-order valence-electron chi connectivity index (χ0n) is 36.0. The summed E-state index contributed by atoms with van der Waals surface area (Å²) in [5, 5.41) is 6.83. The van der Waals surface area contributed by atoms with Crippen LogP contribution in [-0.2, 0) is 20.1 Å². The topological polar surface area (TPSA) is 56.7 Å². The van der Waals surface area contributed by atoms with E-state index in [1.807, 2.05) is 30.3 Å². The van der Waals surface area contributed by atoms with Gasteiger partial charge in [0.05, 0.1) is 28.3 Å². The van der Waals surface area contributed by atoms with E-state index in [9.17, 15) is 0 Å². The molecule has 6 heteroatoms. The molecular weight excluding hydrogens is 925 g/mol. The summed E-state index contributed by atoms with van der Waals surface area (Å²) in [6, 6.07) is 52.8. The first kappa shape index (κ1) is 39.2. The van der Waals surface area contributed by atoms with E-state index in [4.69, 9.17) is 15.8 Å². The maximum absolute atomic E-state index is 9.00. The quantitative estimate of drug-likeness (QED) is 0.123. The first-order chi connectivity index (χ1) is 29.8. The second-order valence-corrected chi connectivity index (χ2v) is 16.6. The molecule has 1 aliphatic carbocycles. The monoisotopic (exact) mass is 974 g/mol. The fourth-order valence-electron chi connectivity index (χ4n) is 9.10. The summed E-state index contributed by atoms with van der Waals surface area (Å²) in [6.07, 6.45) is 6.84. The standard InChI is InChI=1S/C30H23N2O.C25H25N2.Ir/c1-2-8-20(9-3-1)27-17-18-31-30(32-27)26-12-6-11-23-25-16-15-22-21-10-5-4-7-19(21)13-14-24(22)28(25)33-29(23)26;1-17(2)20-13-10-14-21(18(3)4)24(20)27-23-16-9-8-15-22(23)26-25(27)19-11-6-5-7-12-19;/h4-7,10-11,13-18,20H,1-3,8-9H2;5-11,13-18H,1-4H3;/q2*-1;/i20D;;. The fourth-order valence-corrected chi connectivity index (χ4v) is 9.10. The Morgan fingerprint density at radius 1 is 0.639 bits per heavy atom. The van der Waals surface area contributed by atoms with Crippen molar-refractivity contribution in [1.29, 1.82) is 0 Å². The molecule has 1 fully saturated rings. The molecule has 0 aliphatic heterocycles. The van der Waals surface area contributed by atoms with Crippen LogP contribution in [0.1, 0.15) is 95.7 Å². The number of aromatic nitrogens is 4. The van der Waals surface area contributed by atoms with Crippen molar-refractivity contribution in [3.05, 3.63) is 169 Å². The van der Waals surface area contributed by atoms with Crippen LogP contribution in [0, 0.1) is 12.1 Å². The van der Waals surface area contributed by atoms with Crippen molar-refractivity contribution in [2.24, 2.45) is 0 Å². The van der Waals surface area contributed by atoms with Crippen LogP contribution in [-0.4, -0.2) is 19.5 Å². The number of hydrogen-bond acceptors (Lipinski definition) is 4. The van der Waals surface area contributed by atoms with Crippen LogP contribution >= 0.6 is 0 Å². The number of rotatable bonds is 6. The number of imidazole rings is 1. The Labute approximate surface area is 372 Å². The van der Waals surface area contributed by atoms with Crippen molar-refractivity contribution in [2.45, 2.75) is 77.5 Å². The van der Waals surface area contributed by atoms with Crippen LogP contribution in [0.25, 0.3) is 83.0 Å². The largest absolute Gasteiger partial charge is 0.500 e. The van der Waals surface area contributed by atoms with Gasteiger partial charge in [-0.3, -0.25) is 15.0 Å². The molecular formula is C55H48IrN4O-2. The van der Waals surface area contributed by atoms with Crippen molar-refractivity contribution in [1.82, 2.24) is 19.5 Å².